The Balaban J connectivity index is 0.000000142. The van der Waals surface area contributed by atoms with Crippen LogP contribution in [0.15, 0.2) is 110 Å². The van der Waals surface area contributed by atoms with Crippen LogP contribution in [0.4, 0.5) is 0 Å². The van der Waals surface area contributed by atoms with Crippen molar-refractivity contribution in [2.75, 3.05) is 0 Å². The third-order valence-electron chi connectivity index (χ3n) is 5.35. The largest absolute Gasteiger partial charge is 0.488 e. The Morgan fingerprint density at radius 3 is 1.53 bits per heavy atom. The molecule has 0 saturated carbocycles. The van der Waals surface area contributed by atoms with Gasteiger partial charge >= 0.3 is 7.12 Å². The second-order valence-corrected chi connectivity index (χ2v) is 9.09. The molecule has 4 aromatic carbocycles. The maximum absolute atomic E-state index is 8.94. The highest BCUT2D eigenvalue weighted by atomic mass is 35.5. The molecule has 6 rings (SSSR count). The monoisotopic (exact) mass is 560 g/mol. The van der Waals surface area contributed by atoms with Crippen LogP contribution in [0.2, 0.25) is 15.5 Å². The van der Waals surface area contributed by atoms with Gasteiger partial charge in [0.25, 0.3) is 0 Å². The highest BCUT2D eigenvalue weighted by molar-refractivity contribution is 6.58. The van der Waals surface area contributed by atoms with Crippen molar-refractivity contribution in [3.63, 3.8) is 0 Å². The number of hydrogen-bond donors (Lipinski definition) is 2. The fraction of sp³-hybridized carbons (Fsp3) is 0. The minimum absolute atomic E-state index is 0.366. The molecule has 38 heavy (non-hydrogen) atoms. The second-order valence-electron chi connectivity index (χ2n) is 7.93. The van der Waals surface area contributed by atoms with Crippen LogP contribution >= 0.6 is 34.8 Å². The van der Waals surface area contributed by atoms with Crippen LogP contribution in [-0.4, -0.2) is 37.1 Å². The summed E-state index contributed by atoms with van der Waals surface area (Å²) in [5.74, 6) is 0. The van der Waals surface area contributed by atoms with E-state index in [9.17, 15) is 0 Å². The average molecular weight is 562 g/mol. The standard InChI is InChI=1S/C14H9ClN2.C10H9BO2.C4H2Cl2N2/c15-14-8-13(16-9-17-14)12-6-5-10-3-1-2-4-11(10)7-12;12-11(13)10-6-5-8-3-1-2-4-9(8)7-10;5-3-1-4(6)8-2-7-3/h1-9H;1-7,12-13H;1-2H. The minimum Gasteiger partial charge on any atom is -0.423 e. The van der Waals surface area contributed by atoms with Gasteiger partial charge in [-0.2, -0.15) is 0 Å². The number of rotatable bonds is 2. The van der Waals surface area contributed by atoms with Gasteiger partial charge in [-0.3, -0.25) is 0 Å². The summed E-state index contributed by atoms with van der Waals surface area (Å²) >= 11 is 16.7. The van der Waals surface area contributed by atoms with E-state index in [0.717, 1.165) is 22.0 Å². The lowest BCUT2D eigenvalue weighted by molar-refractivity contribution is 0.426. The van der Waals surface area contributed by atoms with E-state index in [-0.39, 0.29) is 0 Å². The molecule has 2 aromatic heterocycles. The molecule has 0 amide bonds. The fourth-order valence-electron chi connectivity index (χ4n) is 3.52. The first kappa shape index (κ1) is 27.4. The minimum atomic E-state index is -1.38. The van der Waals surface area contributed by atoms with Crippen LogP contribution in [0.1, 0.15) is 0 Å². The summed E-state index contributed by atoms with van der Waals surface area (Å²) in [6.07, 6.45) is 2.79. The van der Waals surface area contributed by atoms with Gasteiger partial charge in [0.15, 0.2) is 0 Å². The Labute approximate surface area is 234 Å². The van der Waals surface area contributed by atoms with Gasteiger partial charge in [0.2, 0.25) is 0 Å². The summed E-state index contributed by atoms with van der Waals surface area (Å²) in [7, 11) is -1.38. The summed E-state index contributed by atoms with van der Waals surface area (Å²) in [6.45, 7) is 0. The molecule has 0 fully saturated rings. The first-order chi connectivity index (χ1) is 18.4. The molecule has 2 N–H and O–H groups in total. The summed E-state index contributed by atoms with van der Waals surface area (Å²) in [5, 5.41) is 23.6. The topological polar surface area (TPSA) is 92.0 Å². The zero-order valence-electron chi connectivity index (χ0n) is 19.8. The Hall–Kier alpha value is -3.59. The molecule has 0 aliphatic carbocycles. The Kier molecular flexibility index (Phi) is 9.59. The first-order valence-corrected chi connectivity index (χ1v) is 12.5. The van der Waals surface area contributed by atoms with E-state index in [4.69, 9.17) is 44.9 Å². The number of fused-ring (bicyclic) bond motifs is 2. The maximum atomic E-state index is 8.94. The molecule has 0 saturated heterocycles. The molecule has 188 valence electrons. The van der Waals surface area contributed by atoms with E-state index in [1.165, 1.54) is 29.5 Å². The first-order valence-electron chi connectivity index (χ1n) is 11.3. The predicted octanol–water partition coefficient (Wildman–Crippen LogP) is 6.25. The normalized spacial score (nSPS) is 10.2. The number of halogens is 3. The third-order valence-corrected chi connectivity index (χ3v) is 5.97. The van der Waals surface area contributed by atoms with E-state index in [1.807, 2.05) is 48.5 Å². The molecule has 2 heterocycles. The summed E-state index contributed by atoms with van der Waals surface area (Å²) < 4.78 is 0. The molecule has 0 aliphatic heterocycles. The van der Waals surface area contributed by atoms with Crippen LogP contribution in [0.5, 0.6) is 0 Å². The van der Waals surface area contributed by atoms with Crippen molar-refractivity contribution in [2.24, 2.45) is 0 Å². The van der Waals surface area contributed by atoms with Crippen molar-refractivity contribution >= 4 is 68.9 Å². The van der Waals surface area contributed by atoms with Gasteiger partial charge in [0.05, 0.1) is 5.69 Å². The van der Waals surface area contributed by atoms with Gasteiger partial charge < -0.3 is 10.0 Å². The van der Waals surface area contributed by atoms with Crippen LogP contribution < -0.4 is 5.46 Å². The molecule has 0 unspecified atom stereocenters. The lowest BCUT2D eigenvalue weighted by Gasteiger charge is -2.03. The maximum Gasteiger partial charge on any atom is 0.488 e. The van der Waals surface area contributed by atoms with Gasteiger partial charge in [-0.05, 0) is 33.1 Å². The Bertz CT molecular complexity index is 1650. The number of aromatic nitrogens is 4. The molecule has 10 heteroatoms. The number of hydrogen-bond acceptors (Lipinski definition) is 6. The van der Waals surface area contributed by atoms with E-state index < -0.39 is 7.12 Å². The van der Waals surface area contributed by atoms with Crippen molar-refractivity contribution in [1.82, 2.24) is 19.9 Å². The van der Waals surface area contributed by atoms with Crippen LogP contribution in [0.3, 0.4) is 0 Å². The average Bonchev–Trinajstić information content (AvgIpc) is 2.93. The van der Waals surface area contributed by atoms with Gasteiger partial charge in [-0.1, -0.05) is 114 Å². The summed E-state index contributed by atoms with van der Waals surface area (Å²) in [5.41, 5.74) is 2.42. The van der Waals surface area contributed by atoms with Crippen molar-refractivity contribution in [1.29, 1.82) is 0 Å². The van der Waals surface area contributed by atoms with Gasteiger partial charge in [0.1, 0.15) is 28.1 Å². The van der Waals surface area contributed by atoms with Gasteiger partial charge in [-0.25, -0.2) is 19.9 Å². The predicted molar refractivity (Wildman–Crippen MR) is 156 cm³/mol. The number of benzene rings is 4. The third kappa shape index (κ3) is 7.71. The zero-order valence-corrected chi connectivity index (χ0v) is 22.1. The van der Waals surface area contributed by atoms with E-state index in [1.54, 1.807) is 18.2 Å². The second kappa shape index (κ2) is 13.3. The highest BCUT2D eigenvalue weighted by Gasteiger charge is 2.10. The molecule has 0 spiro atoms. The summed E-state index contributed by atoms with van der Waals surface area (Å²) in [4.78, 5) is 15.3. The molecule has 0 bridgehead atoms. The molecule has 0 radical (unpaired) electrons. The lowest BCUT2D eigenvalue weighted by Crippen LogP contribution is -2.29. The molecular weight excluding hydrogens is 542 g/mol. The van der Waals surface area contributed by atoms with Gasteiger partial charge in [-0.15, -0.1) is 0 Å². The molecule has 6 aromatic rings. The zero-order chi connectivity index (χ0) is 26.9. The Morgan fingerprint density at radius 2 is 1.00 bits per heavy atom. The smallest absolute Gasteiger partial charge is 0.423 e. The van der Waals surface area contributed by atoms with Gasteiger partial charge in [0, 0.05) is 17.7 Å². The van der Waals surface area contributed by atoms with Crippen LogP contribution in [0, 0.1) is 0 Å². The van der Waals surface area contributed by atoms with Crippen molar-refractivity contribution in [3.8, 4) is 11.3 Å². The Morgan fingerprint density at radius 1 is 0.500 bits per heavy atom. The lowest BCUT2D eigenvalue weighted by atomic mass is 9.79. The van der Waals surface area contributed by atoms with Crippen molar-refractivity contribution in [3.05, 3.63) is 125 Å². The fourth-order valence-corrected chi connectivity index (χ4v) is 4.02. The molecular formula is C28H20BCl3N4O2. The molecule has 0 atom stereocenters. The van der Waals surface area contributed by atoms with Crippen molar-refractivity contribution in [2.45, 2.75) is 0 Å². The van der Waals surface area contributed by atoms with Crippen LogP contribution in [-0.2, 0) is 0 Å². The van der Waals surface area contributed by atoms with Crippen molar-refractivity contribution < 1.29 is 10.0 Å². The molecule has 6 nitrogen and oxygen atoms in total. The quantitative estimate of drug-likeness (QED) is 0.192. The van der Waals surface area contributed by atoms with E-state index in [2.05, 4.69) is 44.2 Å². The molecule has 0 aliphatic rings. The SMILES string of the molecule is Clc1cc(-c2ccc3ccccc3c2)ncn1.Clc1cc(Cl)ncn1.OB(O)c1ccc2ccccc2c1. The highest BCUT2D eigenvalue weighted by Crippen LogP contribution is 2.23. The van der Waals surface area contributed by atoms with E-state index in [0.29, 0.717) is 20.9 Å². The van der Waals surface area contributed by atoms with Crippen LogP contribution in [0.25, 0.3) is 32.8 Å². The summed E-state index contributed by atoms with van der Waals surface area (Å²) in [6, 6.07) is 30.9. The van der Waals surface area contributed by atoms with E-state index >= 15 is 0 Å². The number of nitrogens with zero attached hydrogens (tertiary/aromatic N) is 4.